The van der Waals surface area contributed by atoms with Crippen molar-refractivity contribution < 1.29 is 18.5 Å². The monoisotopic (exact) mass is 311 g/mol. The molecule has 1 amide bonds. The fourth-order valence-electron chi connectivity index (χ4n) is 1.63. The Bertz CT molecular complexity index is 563. The first-order chi connectivity index (χ1) is 9.61. The lowest BCUT2D eigenvalue weighted by Crippen LogP contribution is -2.46. The van der Waals surface area contributed by atoms with Crippen LogP contribution in [0.5, 0.6) is 0 Å². The third-order valence-corrected chi connectivity index (χ3v) is 3.54. The molecule has 1 rings (SSSR count). The van der Waals surface area contributed by atoms with Gasteiger partial charge in [-0.1, -0.05) is 12.1 Å². The van der Waals surface area contributed by atoms with E-state index in [0.717, 1.165) is 0 Å². The SMILES string of the molecule is C[C@@H](OC(=O)c1ccccc1[S@](C)=O)C(=O)NC(C)(C)C. The number of nitrogens with one attached hydrogen (secondary N) is 1. The van der Waals surface area contributed by atoms with Crippen LogP contribution >= 0.6 is 0 Å². The van der Waals surface area contributed by atoms with E-state index in [1.165, 1.54) is 19.2 Å². The van der Waals surface area contributed by atoms with Gasteiger partial charge in [-0.2, -0.15) is 0 Å². The van der Waals surface area contributed by atoms with E-state index in [1.807, 2.05) is 20.8 Å². The first-order valence-electron chi connectivity index (χ1n) is 6.57. The lowest BCUT2D eigenvalue weighted by Gasteiger charge is -2.23. The first kappa shape index (κ1) is 17.4. The van der Waals surface area contributed by atoms with Crippen LogP contribution in [0.15, 0.2) is 29.2 Å². The van der Waals surface area contributed by atoms with Crippen molar-refractivity contribution >= 4 is 22.7 Å². The van der Waals surface area contributed by atoms with Gasteiger partial charge in [0.05, 0.1) is 21.3 Å². The van der Waals surface area contributed by atoms with E-state index in [4.69, 9.17) is 4.74 Å². The molecular formula is C15H21NO4S. The van der Waals surface area contributed by atoms with Gasteiger partial charge in [0.25, 0.3) is 5.91 Å². The van der Waals surface area contributed by atoms with Gasteiger partial charge in [0.2, 0.25) is 0 Å². The first-order valence-corrected chi connectivity index (χ1v) is 8.13. The standard InChI is InChI=1S/C15H21NO4S/c1-10(13(17)16-15(2,3)4)20-14(18)11-8-6-7-9-12(11)21(5)19/h6-10H,1-5H3,(H,16,17)/t10-,21+/m1/s1. The smallest absolute Gasteiger partial charge is 0.340 e. The summed E-state index contributed by atoms with van der Waals surface area (Å²) in [6, 6.07) is 6.50. The lowest BCUT2D eigenvalue weighted by atomic mass is 10.1. The predicted octanol–water partition coefficient (Wildman–Crippen LogP) is 1.88. The van der Waals surface area contributed by atoms with E-state index in [2.05, 4.69) is 5.32 Å². The summed E-state index contributed by atoms with van der Waals surface area (Å²) in [6.07, 6.45) is 0.567. The van der Waals surface area contributed by atoms with Crippen LogP contribution in [0.3, 0.4) is 0 Å². The molecular weight excluding hydrogens is 290 g/mol. The van der Waals surface area contributed by atoms with Crippen LogP contribution in [0.25, 0.3) is 0 Å². The van der Waals surface area contributed by atoms with Gasteiger partial charge in [0.15, 0.2) is 6.10 Å². The van der Waals surface area contributed by atoms with E-state index in [0.29, 0.717) is 4.90 Å². The zero-order valence-corrected chi connectivity index (χ0v) is 13.7. The van der Waals surface area contributed by atoms with Crippen molar-refractivity contribution in [2.75, 3.05) is 6.26 Å². The lowest BCUT2D eigenvalue weighted by molar-refractivity contribution is -0.130. The highest BCUT2D eigenvalue weighted by molar-refractivity contribution is 7.84. The molecule has 0 spiro atoms. The van der Waals surface area contributed by atoms with Crippen LogP contribution in [0.2, 0.25) is 0 Å². The number of benzene rings is 1. The minimum absolute atomic E-state index is 0.216. The minimum atomic E-state index is -1.30. The van der Waals surface area contributed by atoms with Crippen molar-refractivity contribution in [3.05, 3.63) is 29.8 Å². The summed E-state index contributed by atoms with van der Waals surface area (Å²) >= 11 is 0. The molecule has 0 aliphatic rings. The molecule has 0 radical (unpaired) electrons. The normalized spacial score (nSPS) is 14.1. The number of amides is 1. The highest BCUT2D eigenvalue weighted by Crippen LogP contribution is 2.15. The summed E-state index contributed by atoms with van der Waals surface area (Å²) in [6.45, 7) is 7.03. The summed E-state index contributed by atoms with van der Waals surface area (Å²) in [7, 11) is -1.30. The van der Waals surface area contributed by atoms with Gasteiger partial charge in [0, 0.05) is 11.8 Å². The molecule has 1 aromatic rings. The summed E-state index contributed by atoms with van der Waals surface area (Å²) in [5.41, 5.74) is -0.186. The van der Waals surface area contributed by atoms with Crippen LogP contribution in [0, 0.1) is 0 Å². The zero-order valence-electron chi connectivity index (χ0n) is 12.9. The van der Waals surface area contributed by atoms with Crippen LogP contribution in [0.4, 0.5) is 0 Å². The van der Waals surface area contributed by atoms with Crippen molar-refractivity contribution in [1.82, 2.24) is 5.32 Å². The molecule has 6 heteroatoms. The maximum absolute atomic E-state index is 12.1. The molecule has 0 fully saturated rings. The average molecular weight is 311 g/mol. The number of hydrogen-bond donors (Lipinski definition) is 1. The molecule has 1 aromatic carbocycles. The molecule has 0 aliphatic heterocycles. The van der Waals surface area contributed by atoms with Crippen molar-refractivity contribution in [1.29, 1.82) is 0 Å². The Morgan fingerprint density at radius 2 is 1.81 bits per heavy atom. The van der Waals surface area contributed by atoms with Gasteiger partial charge < -0.3 is 10.1 Å². The molecule has 0 unspecified atom stereocenters. The molecule has 5 nitrogen and oxygen atoms in total. The molecule has 0 heterocycles. The maximum atomic E-state index is 12.1. The molecule has 21 heavy (non-hydrogen) atoms. The van der Waals surface area contributed by atoms with Crippen molar-refractivity contribution in [2.24, 2.45) is 0 Å². The zero-order chi connectivity index (χ0) is 16.2. The van der Waals surface area contributed by atoms with Gasteiger partial charge in [-0.05, 0) is 39.8 Å². The van der Waals surface area contributed by atoms with E-state index < -0.39 is 28.4 Å². The Kier molecular flexibility index (Phi) is 5.66. The van der Waals surface area contributed by atoms with Gasteiger partial charge in [-0.3, -0.25) is 9.00 Å². The molecule has 0 bridgehead atoms. The third-order valence-electron chi connectivity index (χ3n) is 2.57. The van der Waals surface area contributed by atoms with E-state index >= 15 is 0 Å². The summed E-state index contributed by atoms with van der Waals surface area (Å²) in [5.74, 6) is -1.02. The van der Waals surface area contributed by atoms with E-state index in [9.17, 15) is 13.8 Å². The van der Waals surface area contributed by atoms with Crippen LogP contribution in [-0.2, 0) is 20.3 Å². The number of ether oxygens (including phenoxy) is 1. The second-order valence-corrected chi connectivity index (χ2v) is 7.09. The second-order valence-electron chi connectivity index (χ2n) is 5.74. The number of hydrogen-bond acceptors (Lipinski definition) is 4. The quantitative estimate of drug-likeness (QED) is 0.862. The highest BCUT2D eigenvalue weighted by atomic mass is 32.2. The molecule has 2 atom stereocenters. The summed E-state index contributed by atoms with van der Waals surface area (Å²) < 4.78 is 16.8. The van der Waals surface area contributed by atoms with Gasteiger partial charge in [-0.15, -0.1) is 0 Å². The number of carbonyl (C=O) groups is 2. The Hall–Kier alpha value is -1.69. The second kappa shape index (κ2) is 6.85. The van der Waals surface area contributed by atoms with Gasteiger partial charge >= 0.3 is 5.97 Å². The predicted molar refractivity (Wildman–Crippen MR) is 81.5 cm³/mol. The Balaban J connectivity index is 2.82. The maximum Gasteiger partial charge on any atom is 0.340 e. The van der Waals surface area contributed by atoms with E-state index in [1.54, 1.807) is 18.2 Å². The fourth-order valence-corrected chi connectivity index (χ4v) is 2.37. The Labute approximate surface area is 127 Å². The molecule has 0 aromatic heterocycles. The number of rotatable bonds is 4. The largest absolute Gasteiger partial charge is 0.449 e. The minimum Gasteiger partial charge on any atom is -0.449 e. The Morgan fingerprint density at radius 3 is 2.33 bits per heavy atom. The highest BCUT2D eigenvalue weighted by Gasteiger charge is 2.24. The molecule has 116 valence electrons. The van der Waals surface area contributed by atoms with Crippen molar-refractivity contribution in [3.63, 3.8) is 0 Å². The van der Waals surface area contributed by atoms with Gasteiger partial charge in [-0.25, -0.2) is 4.79 Å². The van der Waals surface area contributed by atoms with Crippen molar-refractivity contribution in [2.45, 2.75) is 44.2 Å². The molecule has 1 N–H and O–H groups in total. The van der Waals surface area contributed by atoms with E-state index in [-0.39, 0.29) is 11.5 Å². The Morgan fingerprint density at radius 1 is 1.24 bits per heavy atom. The van der Waals surface area contributed by atoms with Gasteiger partial charge in [0.1, 0.15) is 0 Å². The molecule has 0 saturated heterocycles. The third kappa shape index (κ3) is 5.30. The number of esters is 1. The topological polar surface area (TPSA) is 72.5 Å². The molecule has 0 aliphatic carbocycles. The fraction of sp³-hybridized carbons (Fsp3) is 0.467. The summed E-state index contributed by atoms with van der Waals surface area (Å²) in [4.78, 5) is 24.4. The summed E-state index contributed by atoms with van der Waals surface area (Å²) in [5, 5.41) is 2.74. The number of carbonyl (C=O) groups excluding carboxylic acids is 2. The van der Waals surface area contributed by atoms with Crippen LogP contribution in [-0.4, -0.2) is 34.0 Å². The van der Waals surface area contributed by atoms with Crippen molar-refractivity contribution in [3.8, 4) is 0 Å². The van der Waals surface area contributed by atoms with Crippen LogP contribution in [0.1, 0.15) is 38.1 Å². The molecule has 0 saturated carbocycles. The van der Waals surface area contributed by atoms with Crippen LogP contribution < -0.4 is 5.32 Å². The average Bonchev–Trinajstić information content (AvgIpc) is 2.36.